The smallest absolute Gasteiger partial charge is 0.194 e. The third-order valence-corrected chi connectivity index (χ3v) is 5.74. The van der Waals surface area contributed by atoms with Gasteiger partial charge in [-0.1, -0.05) is 48.0 Å². The summed E-state index contributed by atoms with van der Waals surface area (Å²) < 4.78 is 0. The number of nitrogens with one attached hydrogen (secondary N) is 1. The van der Waals surface area contributed by atoms with E-state index in [2.05, 4.69) is 27.4 Å². The molecule has 7 heteroatoms. The molecule has 152 valence electrons. The van der Waals surface area contributed by atoms with Crippen LogP contribution >= 0.6 is 23.8 Å². The first kappa shape index (κ1) is 19.6. The van der Waals surface area contributed by atoms with Gasteiger partial charge in [-0.05, 0) is 59.7 Å². The average molecular weight is 444 g/mol. The summed E-state index contributed by atoms with van der Waals surface area (Å²) in [5.41, 5.74) is 5.70. The van der Waals surface area contributed by atoms with Crippen LogP contribution in [0.2, 0.25) is 5.02 Å². The molecule has 1 aliphatic heterocycles. The molecule has 31 heavy (non-hydrogen) atoms. The molecular weight excluding hydrogens is 426 g/mol. The standard InChI is InChI=1S/C24H18ClN5S/c25-18-9-6-16(7-10-18)21-15-23(17-8-11-20-22(14-17)27-13-12-26-20)30(29-21)24(31)28-19-4-2-1-3-5-19/h1-14,23H,15H2,(H,28,31)/t23-/m0/s1. The van der Waals surface area contributed by atoms with Gasteiger partial charge in [-0.3, -0.25) is 9.97 Å². The predicted octanol–water partition coefficient (Wildman–Crippen LogP) is 5.83. The van der Waals surface area contributed by atoms with Crippen molar-refractivity contribution in [3.05, 3.63) is 101 Å². The van der Waals surface area contributed by atoms with Crippen molar-refractivity contribution in [1.82, 2.24) is 15.0 Å². The van der Waals surface area contributed by atoms with E-state index in [-0.39, 0.29) is 6.04 Å². The molecule has 0 fully saturated rings. The molecule has 0 radical (unpaired) electrons. The lowest BCUT2D eigenvalue weighted by Gasteiger charge is -2.25. The summed E-state index contributed by atoms with van der Waals surface area (Å²) in [7, 11) is 0. The second kappa shape index (κ2) is 8.41. The van der Waals surface area contributed by atoms with E-state index in [4.69, 9.17) is 28.9 Å². The molecule has 1 aliphatic rings. The van der Waals surface area contributed by atoms with Gasteiger partial charge >= 0.3 is 0 Å². The lowest BCUT2D eigenvalue weighted by atomic mass is 9.98. The van der Waals surface area contributed by atoms with E-state index in [0.29, 0.717) is 16.6 Å². The van der Waals surface area contributed by atoms with E-state index in [1.54, 1.807) is 12.4 Å². The van der Waals surface area contributed by atoms with Gasteiger partial charge in [-0.15, -0.1) is 0 Å². The minimum atomic E-state index is -0.0548. The van der Waals surface area contributed by atoms with Crippen LogP contribution in [0.5, 0.6) is 0 Å². The van der Waals surface area contributed by atoms with Gasteiger partial charge in [0.1, 0.15) is 0 Å². The summed E-state index contributed by atoms with van der Waals surface area (Å²) in [5.74, 6) is 0. The molecule has 3 aromatic carbocycles. The molecule has 1 N–H and O–H groups in total. The van der Waals surface area contributed by atoms with Crippen LogP contribution in [0.15, 0.2) is 90.3 Å². The molecule has 5 rings (SSSR count). The molecule has 0 aliphatic carbocycles. The molecule has 1 atom stereocenters. The van der Waals surface area contributed by atoms with E-state index in [9.17, 15) is 0 Å². The molecule has 0 amide bonds. The Morgan fingerprint density at radius 3 is 2.45 bits per heavy atom. The van der Waals surface area contributed by atoms with Gasteiger partial charge in [-0.2, -0.15) is 5.10 Å². The topological polar surface area (TPSA) is 53.4 Å². The number of benzene rings is 3. The van der Waals surface area contributed by atoms with E-state index in [1.165, 1.54) is 0 Å². The van der Waals surface area contributed by atoms with Crippen LogP contribution in [0, 0.1) is 0 Å². The zero-order chi connectivity index (χ0) is 21.2. The first-order valence-corrected chi connectivity index (χ1v) is 10.7. The Hall–Kier alpha value is -3.35. The maximum absolute atomic E-state index is 6.07. The second-order valence-electron chi connectivity index (χ2n) is 7.22. The fourth-order valence-corrected chi connectivity index (χ4v) is 4.08. The zero-order valence-corrected chi connectivity index (χ0v) is 18.0. The van der Waals surface area contributed by atoms with Gasteiger partial charge in [0.2, 0.25) is 0 Å². The number of rotatable bonds is 3. The second-order valence-corrected chi connectivity index (χ2v) is 8.04. The predicted molar refractivity (Wildman–Crippen MR) is 129 cm³/mol. The Morgan fingerprint density at radius 1 is 0.935 bits per heavy atom. The number of fused-ring (bicyclic) bond motifs is 1. The van der Waals surface area contributed by atoms with E-state index in [1.807, 2.05) is 65.7 Å². The Labute approximate surface area is 190 Å². The van der Waals surface area contributed by atoms with Crippen molar-refractivity contribution in [2.24, 2.45) is 5.10 Å². The number of hydrazone groups is 1. The van der Waals surface area contributed by atoms with Gasteiger partial charge < -0.3 is 5.32 Å². The first-order valence-electron chi connectivity index (χ1n) is 9.87. The van der Waals surface area contributed by atoms with E-state index >= 15 is 0 Å². The van der Waals surface area contributed by atoms with Crippen molar-refractivity contribution < 1.29 is 0 Å². The van der Waals surface area contributed by atoms with Crippen molar-refractivity contribution in [2.45, 2.75) is 12.5 Å². The van der Waals surface area contributed by atoms with Crippen molar-refractivity contribution >= 4 is 51.4 Å². The number of halogens is 1. The maximum atomic E-state index is 6.07. The summed E-state index contributed by atoms with van der Waals surface area (Å²) in [6.07, 6.45) is 4.12. The van der Waals surface area contributed by atoms with Crippen LogP contribution < -0.4 is 5.32 Å². The number of anilines is 1. The monoisotopic (exact) mass is 443 g/mol. The highest BCUT2D eigenvalue weighted by Gasteiger charge is 2.31. The Bertz CT molecular complexity index is 1270. The first-order chi connectivity index (χ1) is 15.2. The largest absolute Gasteiger partial charge is 0.331 e. The molecular formula is C24H18ClN5S. The third kappa shape index (κ3) is 4.13. The summed E-state index contributed by atoms with van der Waals surface area (Å²) in [6.45, 7) is 0. The molecule has 0 unspecified atom stereocenters. The fourth-order valence-electron chi connectivity index (χ4n) is 3.66. The molecule has 0 spiro atoms. The summed E-state index contributed by atoms with van der Waals surface area (Å²) in [5, 5.41) is 11.3. The fraction of sp³-hybridized carbons (Fsp3) is 0.0833. The normalized spacial score (nSPS) is 15.7. The highest BCUT2D eigenvalue weighted by Crippen LogP contribution is 2.34. The van der Waals surface area contributed by atoms with E-state index in [0.717, 1.165) is 33.6 Å². The molecule has 2 heterocycles. The lowest BCUT2D eigenvalue weighted by molar-refractivity contribution is 0.376. The zero-order valence-electron chi connectivity index (χ0n) is 16.4. The van der Waals surface area contributed by atoms with Crippen LogP contribution in [-0.2, 0) is 0 Å². The van der Waals surface area contributed by atoms with Crippen molar-refractivity contribution in [2.75, 3.05) is 5.32 Å². The van der Waals surface area contributed by atoms with E-state index < -0.39 is 0 Å². The van der Waals surface area contributed by atoms with Crippen LogP contribution in [0.4, 0.5) is 5.69 Å². The molecule has 0 saturated heterocycles. The molecule has 4 aromatic rings. The summed E-state index contributed by atoms with van der Waals surface area (Å²) in [4.78, 5) is 8.83. The molecule has 5 nitrogen and oxygen atoms in total. The molecule has 1 aromatic heterocycles. The van der Waals surface area contributed by atoms with Crippen molar-refractivity contribution in [3.8, 4) is 0 Å². The maximum Gasteiger partial charge on any atom is 0.194 e. The van der Waals surface area contributed by atoms with Gasteiger partial charge in [-0.25, -0.2) is 5.01 Å². The van der Waals surface area contributed by atoms with Crippen LogP contribution in [0.1, 0.15) is 23.6 Å². The lowest BCUT2D eigenvalue weighted by Crippen LogP contribution is -2.31. The quantitative estimate of drug-likeness (QED) is 0.403. The van der Waals surface area contributed by atoms with Crippen molar-refractivity contribution in [3.63, 3.8) is 0 Å². The van der Waals surface area contributed by atoms with Gasteiger partial charge in [0.05, 0.1) is 22.8 Å². The number of aromatic nitrogens is 2. The molecule has 0 bridgehead atoms. The number of nitrogens with zero attached hydrogens (tertiary/aromatic N) is 4. The number of para-hydroxylation sites is 1. The SMILES string of the molecule is S=C(Nc1ccccc1)N1N=C(c2ccc(Cl)cc2)C[C@H]1c1ccc2nccnc2c1. The highest BCUT2D eigenvalue weighted by atomic mass is 35.5. The van der Waals surface area contributed by atoms with Crippen LogP contribution in [0.25, 0.3) is 11.0 Å². The minimum absolute atomic E-state index is 0.0548. The number of hydrogen-bond donors (Lipinski definition) is 1. The Morgan fingerprint density at radius 2 is 1.68 bits per heavy atom. The van der Waals surface area contributed by atoms with Gasteiger partial charge in [0.25, 0.3) is 0 Å². The van der Waals surface area contributed by atoms with Crippen LogP contribution in [-0.4, -0.2) is 25.8 Å². The summed E-state index contributed by atoms with van der Waals surface area (Å²) in [6, 6.07) is 23.7. The van der Waals surface area contributed by atoms with Gasteiger partial charge in [0.15, 0.2) is 5.11 Å². The van der Waals surface area contributed by atoms with Crippen LogP contribution in [0.3, 0.4) is 0 Å². The Balaban J connectivity index is 1.51. The van der Waals surface area contributed by atoms with Gasteiger partial charge in [0, 0.05) is 29.5 Å². The average Bonchev–Trinajstić information content (AvgIpc) is 3.26. The third-order valence-electron chi connectivity index (χ3n) is 5.20. The Kier molecular flexibility index (Phi) is 5.32. The van der Waals surface area contributed by atoms with Crippen molar-refractivity contribution in [1.29, 1.82) is 0 Å². The number of hydrogen-bond acceptors (Lipinski definition) is 4. The number of thiocarbonyl (C=S) groups is 1. The molecule has 0 saturated carbocycles. The summed E-state index contributed by atoms with van der Waals surface area (Å²) >= 11 is 11.8. The highest BCUT2D eigenvalue weighted by molar-refractivity contribution is 7.80. The minimum Gasteiger partial charge on any atom is -0.331 e.